The molecule has 1 aromatic carbocycles. The molecule has 110 valence electrons. The van der Waals surface area contributed by atoms with Gasteiger partial charge in [0.15, 0.2) is 11.0 Å². The Labute approximate surface area is 136 Å². The minimum atomic E-state index is 0.0120. The topological polar surface area (TPSA) is 47.8 Å². The summed E-state index contributed by atoms with van der Waals surface area (Å²) in [5, 5.41) is 7.26. The van der Waals surface area contributed by atoms with E-state index in [1.807, 2.05) is 42.6 Å². The van der Waals surface area contributed by atoms with E-state index in [1.165, 1.54) is 15.1 Å². The Hall–Kier alpha value is -1.92. The normalized spacial score (nSPS) is 17.5. The van der Waals surface area contributed by atoms with Gasteiger partial charge in [0.05, 0.1) is 5.25 Å². The van der Waals surface area contributed by atoms with Crippen molar-refractivity contribution in [2.24, 2.45) is 0 Å². The molecule has 1 aliphatic heterocycles. The number of nitrogens with zero attached hydrogens (tertiary/aromatic N) is 3. The number of hydrogen-bond acceptors (Lipinski definition) is 5. The van der Waals surface area contributed by atoms with Gasteiger partial charge in [0.25, 0.3) is 5.91 Å². The number of aromatic nitrogens is 3. The van der Waals surface area contributed by atoms with Crippen molar-refractivity contribution in [2.45, 2.75) is 23.8 Å². The number of fused-ring (bicyclic) bond motifs is 1. The SMILES string of the molecule is Cc1ccc(-c2nc3n(n2)C(=O)CC(c2cccs2)S3)cc1. The van der Waals surface area contributed by atoms with Crippen LogP contribution < -0.4 is 0 Å². The van der Waals surface area contributed by atoms with Crippen LogP contribution in [0.5, 0.6) is 0 Å². The van der Waals surface area contributed by atoms with Crippen molar-refractivity contribution in [1.82, 2.24) is 14.8 Å². The van der Waals surface area contributed by atoms with Crippen LogP contribution in [0, 0.1) is 6.92 Å². The van der Waals surface area contributed by atoms with Crippen molar-refractivity contribution in [2.75, 3.05) is 0 Å². The van der Waals surface area contributed by atoms with Gasteiger partial charge in [-0.2, -0.15) is 4.68 Å². The van der Waals surface area contributed by atoms with Gasteiger partial charge in [0.1, 0.15) is 0 Å². The summed E-state index contributed by atoms with van der Waals surface area (Å²) in [5.74, 6) is 0.626. The van der Waals surface area contributed by atoms with Crippen molar-refractivity contribution in [3.63, 3.8) is 0 Å². The third-order valence-electron chi connectivity index (χ3n) is 3.59. The van der Waals surface area contributed by atoms with Gasteiger partial charge in [-0.05, 0) is 18.4 Å². The lowest BCUT2D eigenvalue weighted by Gasteiger charge is -2.18. The fourth-order valence-electron chi connectivity index (χ4n) is 2.41. The average Bonchev–Trinajstić information content (AvgIpc) is 3.17. The van der Waals surface area contributed by atoms with Gasteiger partial charge >= 0.3 is 0 Å². The molecule has 3 aromatic rings. The number of hydrogen-bond donors (Lipinski definition) is 0. The highest BCUT2D eigenvalue weighted by Crippen LogP contribution is 2.43. The lowest BCUT2D eigenvalue weighted by atomic mass is 10.1. The smallest absolute Gasteiger partial charge is 0.250 e. The number of carbonyl (C=O) groups excluding carboxylic acids is 1. The van der Waals surface area contributed by atoms with Crippen molar-refractivity contribution in [1.29, 1.82) is 0 Å². The third kappa shape index (κ3) is 2.38. The van der Waals surface area contributed by atoms with Gasteiger partial charge in [-0.15, -0.1) is 16.4 Å². The van der Waals surface area contributed by atoms with E-state index in [0.717, 1.165) is 5.56 Å². The number of thiophene rings is 1. The molecular weight excluding hydrogens is 314 g/mol. The summed E-state index contributed by atoms with van der Waals surface area (Å²) in [6.45, 7) is 2.04. The van der Waals surface area contributed by atoms with Crippen LogP contribution in [0.4, 0.5) is 0 Å². The summed E-state index contributed by atoms with van der Waals surface area (Å²) in [7, 11) is 0. The molecule has 0 radical (unpaired) electrons. The largest absolute Gasteiger partial charge is 0.272 e. The summed E-state index contributed by atoms with van der Waals surface area (Å²) < 4.78 is 1.45. The lowest BCUT2D eigenvalue weighted by molar-refractivity contribution is 0.0868. The van der Waals surface area contributed by atoms with E-state index < -0.39 is 0 Å². The highest BCUT2D eigenvalue weighted by molar-refractivity contribution is 7.99. The first-order valence-electron chi connectivity index (χ1n) is 6.98. The summed E-state index contributed by atoms with van der Waals surface area (Å²) in [6.07, 6.45) is 0.467. The maximum Gasteiger partial charge on any atom is 0.250 e. The van der Waals surface area contributed by atoms with Crippen LogP contribution in [0.1, 0.15) is 26.9 Å². The Morgan fingerprint density at radius 2 is 2.05 bits per heavy atom. The van der Waals surface area contributed by atoms with Gasteiger partial charge in [0, 0.05) is 16.9 Å². The number of carbonyl (C=O) groups is 1. The first-order chi connectivity index (χ1) is 10.7. The fourth-order valence-corrected chi connectivity index (χ4v) is 4.48. The Kier molecular flexibility index (Phi) is 3.35. The molecule has 3 heterocycles. The molecule has 0 spiro atoms. The van der Waals surface area contributed by atoms with Gasteiger partial charge < -0.3 is 0 Å². The number of thioether (sulfide) groups is 1. The second kappa shape index (κ2) is 5.37. The fraction of sp³-hybridized carbons (Fsp3) is 0.188. The van der Waals surface area contributed by atoms with Crippen LogP contribution in [0.3, 0.4) is 0 Å². The zero-order chi connectivity index (χ0) is 15.1. The molecule has 0 bridgehead atoms. The van der Waals surface area contributed by atoms with Crippen LogP contribution in [-0.2, 0) is 0 Å². The Bertz CT molecular complexity index is 822. The first-order valence-corrected chi connectivity index (χ1v) is 8.74. The minimum Gasteiger partial charge on any atom is -0.272 e. The highest BCUT2D eigenvalue weighted by Gasteiger charge is 2.30. The zero-order valence-corrected chi connectivity index (χ0v) is 13.5. The predicted molar refractivity (Wildman–Crippen MR) is 88.4 cm³/mol. The van der Waals surface area contributed by atoms with E-state index in [2.05, 4.69) is 16.1 Å². The molecule has 1 atom stereocenters. The monoisotopic (exact) mass is 327 g/mol. The van der Waals surface area contributed by atoms with E-state index >= 15 is 0 Å². The number of benzene rings is 1. The maximum absolute atomic E-state index is 12.3. The zero-order valence-electron chi connectivity index (χ0n) is 11.9. The van der Waals surface area contributed by atoms with Crippen LogP contribution in [0.25, 0.3) is 11.4 Å². The quantitative estimate of drug-likeness (QED) is 0.708. The van der Waals surface area contributed by atoms with E-state index in [0.29, 0.717) is 17.4 Å². The van der Waals surface area contributed by atoms with Gasteiger partial charge in [0.2, 0.25) is 0 Å². The van der Waals surface area contributed by atoms with Gasteiger partial charge in [-0.1, -0.05) is 47.7 Å². The van der Waals surface area contributed by atoms with E-state index in [4.69, 9.17) is 0 Å². The number of aryl methyl sites for hydroxylation is 1. The summed E-state index contributed by atoms with van der Waals surface area (Å²) in [6, 6.07) is 12.1. The second-order valence-corrected chi connectivity index (χ2v) is 7.36. The predicted octanol–water partition coefficient (Wildman–Crippen LogP) is 4.19. The molecule has 0 aliphatic carbocycles. The van der Waals surface area contributed by atoms with E-state index in [-0.39, 0.29) is 11.2 Å². The number of rotatable bonds is 2. The van der Waals surface area contributed by atoms with Gasteiger partial charge in [-0.3, -0.25) is 4.79 Å². The van der Waals surface area contributed by atoms with Crippen LogP contribution in [0.2, 0.25) is 0 Å². The lowest BCUT2D eigenvalue weighted by Crippen LogP contribution is -2.20. The van der Waals surface area contributed by atoms with E-state index in [1.54, 1.807) is 23.1 Å². The summed E-state index contributed by atoms with van der Waals surface area (Å²) >= 11 is 3.30. The van der Waals surface area contributed by atoms with Crippen LogP contribution in [-0.4, -0.2) is 20.7 Å². The van der Waals surface area contributed by atoms with Crippen LogP contribution in [0.15, 0.2) is 46.9 Å². The minimum absolute atomic E-state index is 0.0120. The molecule has 0 amide bonds. The third-order valence-corrected chi connectivity index (χ3v) is 5.91. The van der Waals surface area contributed by atoms with Crippen molar-refractivity contribution in [3.8, 4) is 11.4 Å². The standard InChI is InChI=1S/C16H13N3OS2/c1-10-4-6-11(7-5-10)15-17-16-19(18-15)14(20)9-13(22-16)12-3-2-8-21-12/h2-8,13H,9H2,1H3. The summed E-state index contributed by atoms with van der Waals surface area (Å²) in [4.78, 5) is 18.1. The molecule has 2 aromatic heterocycles. The Morgan fingerprint density at radius 3 is 2.77 bits per heavy atom. The second-order valence-electron chi connectivity index (χ2n) is 5.22. The summed E-state index contributed by atoms with van der Waals surface area (Å²) in [5.41, 5.74) is 2.13. The molecule has 0 saturated heterocycles. The average molecular weight is 327 g/mol. The van der Waals surface area contributed by atoms with E-state index in [9.17, 15) is 4.79 Å². The molecule has 0 fully saturated rings. The molecule has 22 heavy (non-hydrogen) atoms. The van der Waals surface area contributed by atoms with Crippen molar-refractivity contribution >= 4 is 29.0 Å². The maximum atomic E-state index is 12.3. The highest BCUT2D eigenvalue weighted by atomic mass is 32.2. The molecule has 4 rings (SSSR count). The molecule has 0 N–H and O–H groups in total. The Balaban J connectivity index is 1.69. The molecule has 0 saturated carbocycles. The first kappa shape index (κ1) is 13.7. The van der Waals surface area contributed by atoms with Crippen LogP contribution >= 0.6 is 23.1 Å². The van der Waals surface area contributed by atoms with Gasteiger partial charge in [-0.25, -0.2) is 4.98 Å². The molecule has 6 heteroatoms. The molecule has 4 nitrogen and oxygen atoms in total. The molecule has 1 unspecified atom stereocenters. The molecular formula is C16H13N3OS2. The molecule has 1 aliphatic rings. The Morgan fingerprint density at radius 1 is 1.23 bits per heavy atom. The van der Waals surface area contributed by atoms with Crippen molar-refractivity contribution in [3.05, 3.63) is 52.2 Å². The van der Waals surface area contributed by atoms with Crippen molar-refractivity contribution < 1.29 is 4.79 Å².